The summed E-state index contributed by atoms with van der Waals surface area (Å²) in [6, 6.07) is 8.60. The maximum atomic E-state index is 11.7. The number of methoxy groups -OCH3 is 1. The van der Waals surface area contributed by atoms with Crippen molar-refractivity contribution in [2.75, 3.05) is 12.4 Å². The second kappa shape index (κ2) is 7.32. The Morgan fingerprint density at radius 1 is 1.23 bits per heavy atom. The number of anilines is 1. The zero-order valence-corrected chi connectivity index (χ0v) is 14.7. The summed E-state index contributed by atoms with van der Waals surface area (Å²) in [5.41, 5.74) is 8.93. The fourth-order valence-corrected chi connectivity index (χ4v) is 2.62. The smallest absolute Gasteiger partial charge is 0.336 e. The minimum absolute atomic E-state index is 0.129. The van der Waals surface area contributed by atoms with E-state index in [2.05, 4.69) is 20.3 Å². The zero-order valence-electron chi connectivity index (χ0n) is 14.7. The predicted molar refractivity (Wildman–Crippen MR) is 99.6 cm³/mol. The highest BCUT2D eigenvalue weighted by Crippen LogP contribution is 2.22. The molecule has 0 atom stereocenters. The van der Waals surface area contributed by atoms with Gasteiger partial charge in [-0.3, -0.25) is 0 Å². The quantitative estimate of drug-likeness (QED) is 0.420. The summed E-state index contributed by atoms with van der Waals surface area (Å²) in [4.78, 5) is 24.3. The molecule has 134 valence electrons. The number of benzene rings is 1. The molecule has 0 saturated heterocycles. The minimum Gasteiger partial charge on any atom is -0.423 e. The maximum Gasteiger partial charge on any atom is 0.336 e. The fourth-order valence-electron chi connectivity index (χ4n) is 2.62. The normalized spacial score (nSPS) is 11.7. The number of nitrogens with zero attached hydrogens (tertiary/aromatic N) is 3. The highest BCUT2D eigenvalue weighted by molar-refractivity contribution is 5.95. The largest absolute Gasteiger partial charge is 0.423 e. The van der Waals surface area contributed by atoms with Gasteiger partial charge in [0.1, 0.15) is 5.58 Å². The van der Waals surface area contributed by atoms with Gasteiger partial charge in [0.05, 0.1) is 6.61 Å². The molecule has 0 amide bonds. The van der Waals surface area contributed by atoms with Crippen LogP contribution in [0.25, 0.3) is 11.0 Å². The number of aryl methyl sites for hydroxylation is 2. The van der Waals surface area contributed by atoms with E-state index in [1.807, 2.05) is 32.0 Å². The van der Waals surface area contributed by atoms with Crippen molar-refractivity contribution in [3.05, 3.63) is 57.7 Å². The highest BCUT2D eigenvalue weighted by atomic mass is 16.5. The first-order valence-corrected chi connectivity index (χ1v) is 7.94. The molecular formula is C18H19N5O3. The molecule has 3 rings (SSSR count). The predicted octanol–water partition coefficient (Wildman–Crippen LogP) is 2.40. The minimum atomic E-state index is -0.438. The summed E-state index contributed by atoms with van der Waals surface area (Å²) in [6.07, 6.45) is 0. The fraction of sp³-hybridized carbons (Fsp3) is 0.222. The molecular weight excluding hydrogens is 334 g/mol. The van der Waals surface area contributed by atoms with E-state index in [-0.39, 0.29) is 11.9 Å². The number of aliphatic imine (C=N–C) groups is 1. The first-order chi connectivity index (χ1) is 12.4. The Bertz CT molecular complexity index is 1020. The molecule has 0 aliphatic rings. The van der Waals surface area contributed by atoms with E-state index in [0.29, 0.717) is 17.9 Å². The van der Waals surface area contributed by atoms with Crippen LogP contribution >= 0.6 is 0 Å². The lowest BCUT2D eigenvalue weighted by Crippen LogP contribution is -2.22. The molecule has 8 nitrogen and oxygen atoms in total. The average Bonchev–Trinajstić information content (AvgIpc) is 2.53. The van der Waals surface area contributed by atoms with Gasteiger partial charge in [0, 0.05) is 41.7 Å². The van der Waals surface area contributed by atoms with Gasteiger partial charge in [-0.05, 0) is 37.6 Å². The summed E-state index contributed by atoms with van der Waals surface area (Å²) in [7, 11) is 1.57. The van der Waals surface area contributed by atoms with Crippen LogP contribution in [0.15, 0.2) is 44.5 Å². The third-order valence-corrected chi connectivity index (χ3v) is 3.59. The van der Waals surface area contributed by atoms with Crippen molar-refractivity contribution < 1.29 is 9.15 Å². The van der Waals surface area contributed by atoms with Gasteiger partial charge < -0.3 is 20.2 Å². The second-order valence-electron chi connectivity index (χ2n) is 5.81. The summed E-state index contributed by atoms with van der Waals surface area (Å²) in [6.45, 7) is 4.04. The maximum absolute atomic E-state index is 11.7. The van der Waals surface area contributed by atoms with Crippen molar-refractivity contribution in [2.45, 2.75) is 20.5 Å². The van der Waals surface area contributed by atoms with Gasteiger partial charge in [-0.2, -0.15) is 4.99 Å². The molecule has 0 aliphatic carbocycles. The standard InChI is InChI=1S/C18H19N5O3/c1-10-6-11(2)21-18(20-10)23-17(19)22-13-4-5-14-12(9-25-3)7-16(24)26-15(14)8-13/h4-8H,9H2,1-3H3,(H3,19,20,21,22,23). The van der Waals surface area contributed by atoms with Crippen molar-refractivity contribution in [3.63, 3.8) is 0 Å². The Hall–Kier alpha value is -3.26. The van der Waals surface area contributed by atoms with Crippen molar-refractivity contribution in [3.8, 4) is 0 Å². The van der Waals surface area contributed by atoms with Gasteiger partial charge in [0.2, 0.25) is 5.96 Å². The van der Waals surface area contributed by atoms with Gasteiger partial charge in [-0.15, -0.1) is 0 Å². The number of ether oxygens (including phenoxy) is 1. The number of aromatic nitrogens is 2. The molecule has 0 spiro atoms. The van der Waals surface area contributed by atoms with Crippen LogP contribution in [0.1, 0.15) is 17.0 Å². The number of nitrogens with one attached hydrogen (secondary N) is 1. The summed E-state index contributed by atoms with van der Waals surface area (Å²) < 4.78 is 10.4. The van der Waals surface area contributed by atoms with Crippen LogP contribution in [0.4, 0.5) is 11.6 Å². The van der Waals surface area contributed by atoms with Crippen LogP contribution in [0.3, 0.4) is 0 Å². The van der Waals surface area contributed by atoms with Crippen LogP contribution in [-0.2, 0) is 11.3 Å². The molecule has 3 aromatic rings. The first-order valence-electron chi connectivity index (χ1n) is 7.94. The molecule has 1 aromatic carbocycles. The van der Waals surface area contributed by atoms with Crippen LogP contribution in [0.2, 0.25) is 0 Å². The summed E-state index contributed by atoms with van der Waals surface area (Å²) in [5.74, 6) is 0.409. The summed E-state index contributed by atoms with van der Waals surface area (Å²) in [5, 5.41) is 3.74. The third kappa shape index (κ3) is 4.04. The molecule has 0 radical (unpaired) electrons. The van der Waals surface area contributed by atoms with E-state index in [1.165, 1.54) is 6.07 Å². The lowest BCUT2D eigenvalue weighted by Gasteiger charge is -2.08. The monoisotopic (exact) mass is 353 g/mol. The molecule has 0 bridgehead atoms. The Morgan fingerprint density at radius 2 is 1.96 bits per heavy atom. The van der Waals surface area contributed by atoms with Crippen molar-refractivity contribution in [1.29, 1.82) is 0 Å². The summed E-state index contributed by atoms with van der Waals surface area (Å²) >= 11 is 0. The van der Waals surface area contributed by atoms with Crippen molar-refractivity contribution >= 4 is 28.6 Å². The van der Waals surface area contributed by atoms with Gasteiger partial charge >= 0.3 is 5.63 Å². The van der Waals surface area contributed by atoms with Gasteiger partial charge in [-0.25, -0.2) is 14.8 Å². The zero-order chi connectivity index (χ0) is 18.7. The SMILES string of the molecule is COCc1cc(=O)oc2cc(NC(N)=Nc3nc(C)cc(C)n3)ccc12. The van der Waals surface area contributed by atoms with Crippen molar-refractivity contribution in [2.24, 2.45) is 10.7 Å². The Kier molecular flexibility index (Phi) is 4.94. The number of hydrogen-bond donors (Lipinski definition) is 2. The van der Waals surface area contributed by atoms with Gasteiger partial charge in [0.15, 0.2) is 0 Å². The average molecular weight is 353 g/mol. The molecule has 3 N–H and O–H groups in total. The van der Waals surface area contributed by atoms with E-state index in [4.69, 9.17) is 14.9 Å². The van der Waals surface area contributed by atoms with Crippen LogP contribution < -0.4 is 16.7 Å². The van der Waals surface area contributed by atoms with Crippen LogP contribution in [0.5, 0.6) is 0 Å². The second-order valence-corrected chi connectivity index (χ2v) is 5.81. The molecule has 2 aromatic heterocycles. The van der Waals surface area contributed by atoms with E-state index in [0.717, 1.165) is 22.3 Å². The lowest BCUT2D eigenvalue weighted by molar-refractivity contribution is 0.185. The first kappa shape index (κ1) is 17.6. The van der Waals surface area contributed by atoms with E-state index < -0.39 is 5.63 Å². The number of guanidine groups is 1. The third-order valence-electron chi connectivity index (χ3n) is 3.59. The highest BCUT2D eigenvalue weighted by Gasteiger charge is 2.07. The van der Waals surface area contributed by atoms with Gasteiger partial charge in [0.25, 0.3) is 5.95 Å². The molecule has 0 saturated carbocycles. The lowest BCUT2D eigenvalue weighted by atomic mass is 10.1. The topological polar surface area (TPSA) is 116 Å². The number of fused-ring (bicyclic) bond motifs is 1. The number of nitrogens with two attached hydrogens (primary N) is 1. The Morgan fingerprint density at radius 3 is 2.65 bits per heavy atom. The van der Waals surface area contributed by atoms with Crippen molar-refractivity contribution in [1.82, 2.24) is 9.97 Å². The Balaban J connectivity index is 1.91. The molecule has 8 heteroatoms. The molecule has 0 unspecified atom stereocenters. The molecule has 0 fully saturated rings. The molecule has 26 heavy (non-hydrogen) atoms. The van der Waals surface area contributed by atoms with E-state index in [9.17, 15) is 4.79 Å². The Labute approximate surface area is 149 Å². The van der Waals surface area contributed by atoms with Gasteiger partial charge in [-0.1, -0.05) is 0 Å². The van der Waals surface area contributed by atoms with E-state index >= 15 is 0 Å². The molecule has 0 aliphatic heterocycles. The molecule has 2 heterocycles. The van der Waals surface area contributed by atoms with Crippen LogP contribution in [-0.4, -0.2) is 23.0 Å². The number of hydrogen-bond acceptors (Lipinski definition) is 6. The number of rotatable bonds is 4. The van der Waals surface area contributed by atoms with E-state index in [1.54, 1.807) is 13.2 Å². The van der Waals surface area contributed by atoms with Crippen LogP contribution in [0, 0.1) is 13.8 Å².